The topological polar surface area (TPSA) is 46.1 Å². The molecule has 0 fully saturated rings. The number of carbonyl (C=O) groups is 1. The smallest absolute Gasteiger partial charge is 0.256 e. The van der Waals surface area contributed by atoms with Crippen molar-refractivity contribution in [1.29, 1.82) is 0 Å². The van der Waals surface area contributed by atoms with Crippen molar-refractivity contribution in [2.75, 3.05) is 5.32 Å². The van der Waals surface area contributed by atoms with Crippen molar-refractivity contribution in [3.05, 3.63) is 51.5 Å². The highest BCUT2D eigenvalue weighted by Gasteiger charge is 2.38. The number of amides is 1. The van der Waals surface area contributed by atoms with Crippen LogP contribution < -0.4 is 10.6 Å². The zero-order valence-electron chi connectivity index (χ0n) is 18.6. The van der Waals surface area contributed by atoms with Crippen molar-refractivity contribution in [3.8, 4) is 0 Å². The second-order valence-corrected chi connectivity index (χ2v) is 10.7. The Kier molecular flexibility index (Phi) is 4.51. The average molecular weight is 422 g/mol. The van der Waals surface area contributed by atoms with E-state index < -0.39 is 0 Å². The number of hydrogen-bond acceptors (Lipinski definition) is 3. The standard InChI is InChI=1S/C25H31N3OS/c1-6-25(3,4)15-11-12-17-19(13-15)30-24-21(17)23(29)26-22(27-24)20-14(2)28(5)18-10-8-7-9-16(18)20/h7-10,15,22,27H,6,11-13H2,1-5H3,(H,26,29)/t15-,22+/m1/s1. The first kappa shape index (κ1) is 19.7. The van der Waals surface area contributed by atoms with Gasteiger partial charge >= 0.3 is 0 Å². The number of aromatic nitrogens is 1. The number of hydrogen-bond donors (Lipinski definition) is 2. The summed E-state index contributed by atoms with van der Waals surface area (Å²) in [4.78, 5) is 14.7. The molecule has 0 spiro atoms. The number of anilines is 1. The first-order valence-electron chi connectivity index (χ1n) is 11.1. The normalized spacial score (nSPS) is 21.2. The molecule has 0 saturated heterocycles. The summed E-state index contributed by atoms with van der Waals surface area (Å²) in [6.07, 6.45) is 4.29. The van der Waals surface area contributed by atoms with E-state index in [9.17, 15) is 4.79 Å². The van der Waals surface area contributed by atoms with Crippen molar-refractivity contribution in [3.63, 3.8) is 0 Å². The van der Waals surface area contributed by atoms with Crippen LogP contribution in [0.5, 0.6) is 0 Å². The van der Waals surface area contributed by atoms with Gasteiger partial charge in [-0.2, -0.15) is 0 Å². The number of nitrogens with zero attached hydrogens (tertiary/aromatic N) is 1. The molecule has 2 aromatic heterocycles. The summed E-state index contributed by atoms with van der Waals surface area (Å²) in [6, 6.07) is 8.43. The van der Waals surface area contributed by atoms with Gasteiger partial charge in [-0.1, -0.05) is 45.4 Å². The second-order valence-electron chi connectivity index (χ2n) is 9.62. The molecular formula is C25H31N3OS. The minimum atomic E-state index is -0.195. The highest BCUT2D eigenvalue weighted by Crippen LogP contribution is 2.47. The Morgan fingerprint density at radius 2 is 2.00 bits per heavy atom. The third-order valence-electron chi connectivity index (χ3n) is 7.80. The van der Waals surface area contributed by atoms with Crippen LogP contribution in [-0.4, -0.2) is 10.5 Å². The molecule has 1 aromatic carbocycles. The first-order valence-corrected chi connectivity index (χ1v) is 11.9. The van der Waals surface area contributed by atoms with Gasteiger partial charge in [0.05, 0.1) is 5.56 Å². The summed E-state index contributed by atoms with van der Waals surface area (Å²) >= 11 is 1.81. The molecule has 158 valence electrons. The number of nitrogens with one attached hydrogen (secondary N) is 2. The number of benzene rings is 1. The van der Waals surface area contributed by atoms with E-state index in [0.717, 1.165) is 23.4 Å². The van der Waals surface area contributed by atoms with E-state index in [1.54, 1.807) is 0 Å². The quantitative estimate of drug-likeness (QED) is 0.549. The third-order valence-corrected chi connectivity index (χ3v) is 8.98. The summed E-state index contributed by atoms with van der Waals surface area (Å²) < 4.78 is 2.21. The Morgan fingerprint density at radius 3 is 2.77 bits per heavy atom. The van der Waals surface area contributed by atoms with Crippen molar-refractivity contribution in [1.82, 2.24) is 9.88 Å². The van der Waals surface area contributed by atoms with E-state index in [1.165, 1.54) is 45.4 Å². The maximum Gasteiger partial charge on any atom is 0.256 e. The third kappa shape index (κ3) is 2.82. The van der Waals surface area contributed by atoms with Gasteiger partial charge in [0.25, 0.3) is 5.91 Å². The maximum absolute atomic E-state index is 13.2. The fourth-order valence-corrected chi connectivity index (χ4v) is 6.67. The fraction of sp³-hybridized carbons (Fsp3) is 0.480. The summed E-state index contributed by atoms with van der Waals surface area (Å²) in [7, 11) is 2.09. The van der Waals surface area contributed by atoms with Crippen molar-refractivity contribution < 1.29 is 4.79 Å². The Labute approximate surface area is 182 Å². The largest absolute Gasteiger partial charge is 0.353 e. The molecule has 0 saturated carbocycles. The number of carbonyl (C=O) groups excluding carboxylic acids is 1. The van der Waals surface area contributed by atoms with Crippen molar-refractivity contribution in [2.45, 2.75) is 59.5 Å². The van der Waals surface area contributed by atoms with Crippen molar-refractivity contribution >= 4 is 33.1 Å². The predicted octanol–water partition coefficient (Wildman–Crippen LogP) is 5.94. The Morgan fingerprint density at radius 1 is 1.23 bits per heavy atom. The van der Waals surface area contributed by atoms with Crippen LogP contribution in [0, 0.1) is 18.3 Å². The van der Waals surface area contributed by atoms with E-state index in [4.69, 9.17) is 0 Å². The van der Waals surface area contributed by atoms with Crippen LogP contribution in [0.25, 0.3) is 10.9 Å². The zero-order chi connectivity index (χ0) is 21.2. The molecule has 5 rings (SSSR count). The molecule has 1 amide bonds. The van der Waals surface area contributed by atoms with Crippen LogP contribution in [0.3, 0.4) is 0 Å². The van der Waals surface area contributed by atoms with Gasteiger partial charge in [0, 0.05) is 34.1 Å². The van der Waals surface area contributed by atoms with Crippen LogP contribution >= 0.6 is 11.3 Å². The molecule has 2 aliphatic rings. The van der Waals surface area contributed by atoms with Gasteiger partial charge in [-0.3, -0.25) is 4.79 Å². The molecule has 2 atom stereocenters. The molecule has 3 heterocycles. The molecule has 0 bridgehead atoms. The lowest BCUT2D eigenvalue weighted by molar-refractivity contribution is 0.0935. The number of fused-ring (bicyclic) bond motifs is 4. The molecule has 5 heteroatoms. The van der Waals surface area contributed by atoms with Gasteiger partial charge in [0.15, 0.2) is 0 Å². The van der Waals surface area contributed by atoms with Crippen LogP contribution in [0.1, 0.15) is 71.8 Å². The molecule has 0 radical (unpaired) electrons. The Bertz CT molecular complexity index is 1150. The monoisotopic (exact) mass is 421 g/mol. The highest BCUT2D eigenvalue weighted by atomic mass is 32.1. The minimum Gasteiger partial charge on any atom is -0.353 e. The summed E-state index contributed by atoms with van der Waals surface area (Å²) in [5, 5.41) is 9.21. The highest BCUT2D eigenvalue weighted by molar-refractivity contribution is 7.16. The lowest BCUT2D eigenvalue weighted by Crippen LogP contribution is -2.38. The number of para-hydroxylation sites is 1. The van der Waals surface area contributed by atoms with Crippen LogP contribution in [0.15, 0.2) is 24.3 Å². The Hall–Kier alpha value is -2.27. The van der Waals surface area contributed by atoms with Gasteiger partial charge < -0.3 is 15.2 Å². The van der Waals surface area contributed by atoms with E-state index in [1.807, 2.05) is 11.3 Å². The summed E-state index contributed by atoms with van der Waals surface area (Å²) in [5.41, 5.74) is 6.09. The number of rotatable bonds is 3. The molecule has 30 heavy (non-hydrogen) atoms. The minimum absolute atomic E-state index is 0.0757. The zero-order valence-corrected chi connectivity index (χ0v) is 19.4. The van der Waals surface area contributed by atoms with Gasteiger partial charge in [-0.15, -0.1) is 11.3 Å². The van der Waals surface area contributed by atoms with Gasteiger partial charge in [-0.25, -0.2) is 0 Å². The van der Waals surface area contributed by atoms with Gasteiger partial charge in [0.2, 0.25) is 0 Å². The van der Waals surface area contributed by atoms with Gasteiger partial charge in [0.1, 0.15) is 11.2 Å². The van der Waals surface area contributed by atoms with E-state index >= 15 is 0 Å². The van der Waals surface area contributed by atoms with Crippen LogP contribution in [0.2, 0.25) is 0 Å². The van der Waals surface area contributed by atoms with E-state index in [-0.39, 0.29) is 12.1 Å². The lowest BCUT2D eigenvalue weighted by atomic mass is 9.69. The molecule has 4 nitrogen and oxygen atoms in total. The van der Waals surface area contributed by atoms with Crippen molar-refractivity contribution in [2.24, 2.45) is 18.4 Å². The molecular weight excluding hydrogens is 390 g/mol. The molecule has 1 aliphatic carbocycles. The SMILES string of the molecule is CCC(C)(C)[C@@H]1CCc2c(sc3c2C(=O)N[C@H](c2c(C)n(C)c4ccccc24)N3)C1. The van der Waals surface area contributed by atoms with E-state index in [2.05, 4.69) is 74.2 Å². The molecule has 0 unspecified atom stereocenters. The summed E-state index contributed by atoms with van der Waals surface area (Å²) in [5.74, 6) is 0.765. The van der Waals surface area contributed by atoms with Crippen LogP contribution in [0.4, 0.5) is 5.00 Å². The Balaban J connectivity index is 1.52. The molecule has 3 aromatic rings. The van der Waals surface area contributed by atoms with E-state index in [0.29, 0.717) is 11.3 Å². The average Bonchev–Trinajstić information content (AvgIpc) is 3.23. The first-order chi connectivity index (χ1) is 14.3. The van der Waals surface area contributed by atoms with Crippen LogP contribution in [-0.2, 0) is 19.9 Å². The summed E-state index contributed by atoms with van der Waals surface area (Å²) in [6.45, 7) is 9.21. The van der Waals surface area contributed by atoms with Gasteiger partial charge in [-0.05, 0) is 49.1 Å². The number of thiophene rings is 1. The molecule has 1 aliphatic heterocycles. The number of aryl methyl sites for hydroxylation is 1. The lowest BCUT2D eigenvalue weighted by Gasteiger charge is -2.36. The second kappa shape index (κ2) is 6.88. The molecule has 2 N–H and O–H groups in total. The predicted molar refractivity (Wildman–Crippen MR) is 125 cm³/mol. The fourth-order valence-electron chi connectivity index (χ4n) is 5.31. The maximum atomic E-state index is 13.2.